The second-order valence-electron chi connectivity index (χ2n) is 7.25. The van der Waals surface area contributed by atoms with E-state index >= 15 is 0 Å². The van der Waals surface area contributed by atoms with Gasteiger partial charge in [0.05, 0.1) is 0 Å². The Hall–Kier alpha value is -1.82. The van der Waals surface area contributed by atoms with Crippen LogP contribution in [0.1, 0.15) is 57.2 Å². The first-order valence-corrected chi connectivity index (χ1v) is 7.80. The van der Waals surface area contributed by atoms with Gasteiger partial charge in [-0.3, -0.25) is 0 Å². The van der Waals surface area contributed by atoms with Crippen molar-refractivity contribution in [3.8, 4) is 11.1 Å². The molecule has 0 N–H and O–H groups in total. The summed E-state index contributed by atoms with van der Waals surface area (Å²) in [7, 11) is 0. The molecular weight excluding hydrogens is 252 g/mol. The molecule has 0 aliphatic heterocycles. The molecule has 0 radical (unpaired) electrons. The third-order valence-electron chi connectivity index (χ3n) is 4.70. The Morgan fingerprint density at radius 2 is 1.57 bits per heavy atom. The summed E-state index contributed by atoms with van der Waals surface area (Å²) < 4.78 is 0. The van der Waals surface area contributed by atoms with E-state index in [-0.39, 0.29) is 5.41 Å². The van der Waals surface area contributed by atoms with Crippen LogP contribution in [-0.2, 0) is 5.41 Å². The number of benzene rings is 2. The van der Waals surface area contributed by atoms with Gasteiger partial charge >= 0.3 is 0 Å². The normalized spacial score (nSPS) is 17.6. The monoisotopic (exact) mass is 276 g/mol. The van der Waals surface area contributed by atoms with Gasteiger partial charge in [-0.25, -0.2) is 0 Å². The van der Waals surface area contributed by atoms with Crippen molar-refractivity contribution in [3.05, 3.63) is 64.7 Å². The van der Waals surface area contributed by atoms with Crippen LogP contribution in [-0.4, -0.2) is 0 Å². The van der Waals surface area contributed by atoms with Crippen molar-refractivity contribution in [1.29, 1.82) is 0 Å². The summed E-state index contributed by atoms with van der Waals surface area (Å²) in [6, 6.07) is 15.8. The molecule has 0 aromatic heterocycles. The Kier molecular flexibility index (Phi) is 3.28. The van der Waals surface area contributed by atoms with Gasteiger partial charge in [0.15, 0.2) is 0 Å². The molecule has 0 nitrogen and oxygen atoms in total. The van der Waals surface area contributed by atoms with E-state index in [0.29, 0.717) is 5.92 Å². The highest BCUT2D eigenvalue weighted by Gasteiger charge is 2.22. The van der Waals surface area contributed by atoms with Crippen molar-refractivity contribution in [1.82, 2.24) is 0 Å². The second kappa shape index (κ2) is 4.87. The third-order valence-corrected chi connectivity index (χ3v) is 4.70. The van der Waals surface area contributed by atoms with Crippen molar-refractivity contribution < 1.29 is 0 Å². The second-order valence-corrected chi connectivity index (χ2v) is 7.25. The van der Waals surface area contributed by atoms with Crippen LogP contribution >= 0.6 is 0 Å². The first-order valence-electron chi connectivity index (χ1n) is 7.80. The number of hydrogen-bond donors (Lipinski definition) is 0. The Labute approximate surface area is 128 Å². The van der Waals surface area contributed by atoms with Crippen LogP contribution in [0.15, 0.2) is 48.0 Å². The minimum absolute atomic E-state index is 0.211. The highest BCUT2D eigenvalue weighted by Crippen LogP contribution is 2.41. The van der Waals surface area contributed by atoms with Crippen LogP contribution in [0.3, 0.4) is 0 Å². The molecule has 1 aliphatic carbocycles. The van der Waals surface area contributed by atoms with Gasteiger partial charge in [-0.2, -0.15) is 0 Å². The zero-order valence-corrected chi connectivity index (χ0v) is 13.7. The van der Waals surface area contributed by atoms with E-state index in [9.17, 15) is 0 Å². The van der Waals surface area contributed by atoms with E-state index < -0.39 is 0 Å². The van der Waals surface area contributed by atoms with E-state index in [1.54, 1.807) is 0 Å². The average Bonchev–Trinajstić information content (AvgIpc) is 2.73. The zero-order valence-electron chi connectivity index (χ0n) is 13.7. The molecule has 108 valence electrons. The van der Waals surface area contributed by atoms with Gasteiger partial charge < -0.3 is 0 Å². The summed E-state index contributed by atoms with van der Waals surface area (Å²) in [6.45, 7) is 11.3. The van der Waals surface area contributed by atoms with E-state index in [2.05, 4.69) is 83.2 Å². The van der Waals surface area contributed by atoms with Gasteiger partial charge in [0, 0.05) is 5.92 Å². The van der Waals surface area contributed by atoms with Crippen LogP contribution < -0.4 is 0 Å². The molecule has 0 bridgehead atoms. The quantitative estimate of drug-likeness (QED) is 0.584. The molecule has 3 rings (SSSR count). The summed E-state index contributed by atoms with van der Waals surface area (Å²) in [6.07, 6.45) is 2.33. The van der Waals surface area contributed by atoms with E-state index in [4.69, 9.17) is 0 Å². The molecular formula is C21H24. The van der Waals surface area contributed by atoms with E-state index in [1.807, 2.05) is 0 Å². The number of rotatable bonds is 1. The van der Waals surface area contributed by atoms with Crippen molar-refractivity contribution in [2.45, 2.75) is 46.0 Å². The summed E-state index contributed by atoms with van der Waals surface area (Å²) in [5.74, 6) is 0.526. The Balaban J connectivity index is 2.06. The summed E-state index contributed by atoms with van der Waals surface area (Å²) in [5.41, 5.74) is 8.65. The molecule has 0 spiro atoms. The van der Waals surface area contributed by atoms with Gasteiger partial charge in [0.2, 0.25) is 0 Å². The topological polar surface area (TPSA) is 0 Å². The SMILES string of the molecule is CC1=Cc2cccc(-c3ccc(C(C)(C)C)cc3)c2C1C. The zero-order chi connectivity index (χ0) is 15.2. The standard InChI is InChI=1S/C21H24/c1-14-13-17-7-6-8-19(20(17)15(14)2)16-9-11-18(12-10-16)21(3,4)5/h6-13,15H,1-5H3. The molecule has 1 atom stereocenters. The van der Waals surface area contributed by atoms with Crippen molar-refractivity contribution in [3.63, 3.8) is 0 Å². The van der Waals surface area contributed by atoms with Crippen molar-refractivity contribution >= 4 is 6.08 Å². The lowest BCUT2D eigenvalue weighted by Crippen LogP contribution is -2.10. The third kappa shape index (κ3) is 2.44. The average molecular weight is 276 g/mol. The fourth-order valence-corrected chi connectivity index (χ4v) is 3.19. The van der Waals surface area contributed by atoms with Gasteiger partial charge in [-0.15, -0.1) is 0 Å². The molecule has 0 amide bonds. The molecule has 2 aromatic rings. The molecule has 0 fully saturated rings. The fraction of sp³-hybridized carbons (Fsp3) is 0.333. The first-order chi connectivity index (χ1) is 9.88. The summed E-state index contributed by atoms with van der Waals surface area (Å²) in [4.78, 5) is 0. The highest BCUT2D eigenvalue weighted by molar-refractivity contribution is 5.78. The van der Waals surface area contributed by atoms with Gasteiger partial charge in [0.25, 0.3) is 0 Å². The fourth-order valence-electron chi connectivity index (χ4n) is 3.19. The molecule has 0 heteroatoms. The maximum atomic E-state index is 2.33. The highest BCUT2D eigenvalue weighted by atomic mass is 14.3. The number of hydrogen-bond acceptors (Lipinski definition) is 0. The predicted molar refractivity (Wildman–Crippen MR) is 92.6 cm³/mol. The molecule has 0 saturated heterocycles. The lowest BCUT2D eigenvalue weighted by molar-refractivity contribution is 0.590. The largest absolute Gasteiger partial charge is 0.0655 e. The summed E-state index contributed by atoms with van der Waals surface area (Å²) in [5, 5.41) is 0. The van der Waals surface area contributed by atoms with Gasteiger partial charge in [-0.1, -0.05) is 81.8 Å². The van der Waals surface area contributed by atoms with Gasteiger partial charge in [-0.05, 0) is 40.2 Å². The lowest BCUT2D eigenvalue weighted by Gasteiger charge is -2.20. The minimum atomic E-state index is 0.211. The van der Waals surface area contributed by atoms with Crippen LogP contribution in [0, 0.1) is 0 Å². The molecule has 1 aliphatic rings. The van der Waals surface area contributed by atoms with Crippen LogP contribution in [0.2, 0.25) is 0 Å². The van der Waals surface area contributed by atoms with Crippen LogP contribution in [0.25, 0.3) is 17.2 Å². The predicted octanol–water partition coefficient (Wildman–Crippen LogP) is 6.17. The van der Waals surface area contributed by atoms with E-state index in [1.165, 1.54) is 33.4 Å². The van der Waals surface area contributed by atoms with E-state index in [0.717, 1.165) is 0 Å². The molecule has 0 heterocycles. The van der Waals surface area contributed by atoms with Gasteiger partial charge in [0.1, 0.15) is 0 Å². The number of allylic oxidation sites excluding steroid dienone is 1. The lowest BCUT2D eigenvalue weighted by atomic mass is 9.85. The Morgan fingerprint density at radius 3 is 2.19 bits per heavy atom. The van der Waals surface area contributed by atoms with Crippen LogP contribution in [0.4, 0.5) is 0 Å². The molecule has 21 heavy (non-hydrogen) atoms. The first kappa shape index (κ1) is 14.1. The van der Waals surface area contributed by atoms with Crippen molar-refractivity contribution in [2.24, 2.45) is 0 Å². The van der Waals surface area contributed by atoms with Crippen LogP contribution in [0.5, 0.6) is 0 Å². The maximum absolute atomic E-state index is 2.33. The van der Waals surface area contributed by atoms with Crippen molar-refractivity contribution in [2.75, 3.05) is 0 Å². The molecule has 0 saturated carbocycles. The Morgan fingerprint density at radius 1 is 0.905 bits per heavy atom. The maximum Gasteiger partial charge on any atom is 0.00324 e. The Bertz CT molecular complexity index is 694. The molecule has 1 unspecified atom stereocenters. The molecule has 2 aromatic carbocycles. The summed E-state index contributed by atoms with van der Waals surface area (Å²) >= 11 is 0. The minimum Gasteiger partial charge on any atom is -0.0655 e. The smallest absolute Gasteiger partial charge is 0.00324 e. The number of fused-ring (bicyclic) bond motifs is 1.